The van der Waals surface area contributed by atoms with E-state index in [0.717, 1.165) is 5.56 Å². The lowest BCUT2D eigenvalue weighted by Gasteiger charge is -2.30. The van der Waals surface area contributed by atoms with Gasteiger partial charge >= 0.3 is 12.0 Å². The fourth-order valence-electron chi connectivity index (χ4n) is 3.39. The van der Waals surface area contributed by atoms with Crippen LogP contribution < -0.4 is 20.1 Å². The molecule has 170 valence electrons. The molecule has 1 atom stereocenters. The van der Waals surface area contributed by atoms with Gasteiger partial charge in [-0.15, -0.1) is 0 Å². The standard InChI is InChI=1S/C24H27ClN2O5/c1-5-18-21(23(28)32-14(2)3)22(27-24(29)26-18)16-8-11-19(30-4)20(12-16)31-13-15-6-9-17(25)10-7-15/h6-12,14,22H,5,13H2,1-4H3,(H2,26,27,29). The fourth-order valence-corrected chi connectivity index (χ4v) is 3.52. The zero-order chi connectivity index (χ0) is 23.3. The number of urea groups is 1. The number of carbonyl (C=O) groups is 2. The molecule has 32 heavy (non-hydrogen) atoms. The summed E-state index contributed by atoms with van der Waals surface area (Å²) in [5.41, 5.74) is 2.51. The average molecular weight is 459 g/mol. The third kappa shape index (κ3) is 5.53. The molecule has 0 fully saturated rings. The topological polar surface area (TPSA) is 85.9 Å². The average Bonchev–Trinajstić information content (AvgIpc) is 2.77. The Bertz CT molecular complexity index is 1020. The molecule has 0 bridgehead atoms. The van der Waals surface area contributed by atoms with Gasteiger partial charge in [0.1, 0.15) is 6.61 Å². The van der Waals surface area contributed by atoms with Crippen molar-refractivity contribution < 1.29 is 23.8 Å². The van der Waals surface area contributed by atoms with E-state index in [9.17, 15) is 9.59 Å². The predicted molar refractivity (Wildman–Crippen MR) is 122 cm³/mol. The van der Waals surface area contributed by atoms with Crippen LogP contribution in [0.15, 0.2) is 53.7 Å². The van der Waals surface area contributed by atoms with Crippen LogP contribution in [0, 0.1) is 0 Å². The molecular weight excluding hydrogens is 432 g/mol. The van der Waals surface area contributed by atoms with Gasteiger partial charge in [0.25, 0.3) is 0 Å². The Morgan fingerprint density at radius 3 is 2.47 bits per heavy atom. The molecule has 1 unspecified atom stereocenters. The van der Waals surface area contributed by atoms with E-state index in [-0.39, 0.29) is 12.1 Å². The SMILES string of the molecule is CCC1=C(C(=O)OC(C)C)C(c2ccc(OC)c(OCc3ccc(Cl)cc3)c2)NC(=O)N1. The van der Waals surface area contributed by atoms with Crippen LogP contribution in [0.1, 0.15) is 44.4 Å². The van der Waals surface area contributed by atoms with Crippen LogP contribution in [0.25, 0.3) is 0 Å². The van der Waals surface area contributed by atoms with Crippen molar-refractivity contribution in [2.24, 2.45) is 0 Å². The van der Waals surface area contributed by atoms with Gasteiger partial charge in [0.05, 0.1) is 24.8 Å². The van der Waals surface area contributed by atoms with Crippen molar-refractivity contribution in [3.05, 3.63) is 69.9 Å². The van der Waals surface area contributed by atoms with Crippen molar-refractivity contribution in [2.45, 2.75) is 45.9 Å². The lowest BCUT2D eigenvalue weighted by Crippen LogP contribution is -2.46. The summed E-state index contributed by atoms with van der Waals surface area (Å²) in [6.07, 6.45) is 0.184. The van der Waals surface area contributed by atoms with Gasteiger partial charge in [-0.25, -0.2) is 9.59 Å². The largest absolute Gasteiger partial charge is 0.493 e. The second-order valence-corrected chi connectivity index (χ2v) is 7.99. The summed E-state index contributed by atoms with van der Waals surface area (Å²) < 4.78 is 16.9. The summed E-state index contributed by atoms with van der Waals surface area (Å²) in [7, 11) is 1.55. The molecule has 2 amide bonds. The Labute approximate surface area is 192 Å². The number of carbonyl (C=O) groups excluding carboxylic acids is 2. The number of nitrogens with one attached hydrogen (secondary N) is 2. The first kappa shape index (κ1) is 23.5. The molecule has 3 rings (SSSR count). The van der Waals surface area contributed by atoms with E-state index >= 15 is 0 Å². The molecule has 2 N–H and O–H groups in total. The smallest absolute Gasteiger partial charge is 0.338 e. The number of rotatable bonds is 8. The number of allylic oxidation sites excluding steroid dienone is 1. The van der Waals surface area contributed by atoms with E-state index in [4.69, 9.17) is 25.8 Å². The number of amides is 2. The van der Waals surface area contributed by atoms with Gasteiger partial charge in [0, 0.05) is 10.7 Å². The molecule has 1 aliphatic rings. The Morgan fingerprint density at radius 1 is 1.12 bits per heavy atom. The van der Waals surface area contributed by atoms with Crippen LogP contribution in [0.5, 0.6) is 11.5 Å². The van der Waals surface area contributed by atoms with Gasteiger partial charge in [0.2, 0.25) is 0 Å². The summed E-state index contributed by atoms with van der Waals surface area (Å²) in [4.78, 5) is 25.2. The number of hydrogen-bond donors (Lipinski definition) is 2. The highest BCUT2D eigenvalue weighted by Crippen LogP contribution is 2.35. The first-order chi connectivity index (χ1) is 15.3. The zero-order valence-corrected chi connectivity index (χ0v) is 19.3. The highest BCUT2D eigenvalue weighted by Gasteiger charge is 2.34. The molecule has 1 aliphatic heterocycles. The quantitative estimate of drug-likeness (QED) is 0.549. The minimum absolute atomic E-state index is 0.291. The van der Waals surface area contributed by atoms with Crippen LogP contribution in [0.2, 0.25) is 5.02 Å². The van der Waals surface area contributed by atoms with Crippen LogP contribution in [0.3, 0.4) is 0 Å². The Morgan fingerprint density at radius 2 is 1.84 bits per heavy atom. The van der Waals surface area contributed by atoms with Gasteiger partial charge in [0.15, 0.2) is 11.5 Å². The number of esters is 1. The number of benzene rings is 2. The maximum Gasteiger partial charge on any atom is 0.338 e. The van der Waals surface area contributed by atoms with Crippen molar-refractivity contribution in [1.29, 1.82) is 0 Å². The second kappa shape index (κ2) is 10.4. The predicted octanol–water partition coefficient (Wildman–Crippen LogP) is 4.90. The Kier molecular flexibility index (Phi) is 7.64. The molecule has 0 saturated heterocycles. The third-order valence-electron chi connectivity index (χ3n) is 4.90. The lowest BCUT2D eigenvalue weighted by molar-refractivity contribution is -0.143. The van der Waals surface area contributed by atoms with Crippen molar-refractivity contribution in [3.8, 4) is 11.5 Å². The van der Waals surface area contributed by atoms with Crippen LogP contribution in [-0.4, -0.2) is 25.2 Å². The molecule has 0 saturated carbocycles. The third-order valence-corrected chi connectivity index (χ3v) is 5.15. The van der Waals surface area contributed by atoms with E-state index in [1.54, 1.807) is 51.3 Å². The van der Waals surface area contributed by atoms with Gasteiger partial charge in [-0.3, -0.25) is 0 Å². The molecule has 0 spiro atoms. The first-order valence-electron chi connectivity index (χ1n) is 10.4. The monoisotopic (exact) mass is 458 g/mol. The van der Waals surface area contributed by atoms with E-state index < -0.39 is 12.0 Å². The minimum atomic E-state index is -0.686. The molecule has 0 aliphatic carbocycles. The van der Waals surface area contributed by atoms with Gasteiger partial charge in [-0.1, -0.05) is 36.7 Å². The molecule has 0 aromatic heterocycles. The van der Waals surface area contributed by atoms with Crippen LogP contribution in [-0.2, 0) is 16.1 Å². The van der Waals surface area contributed by atoms with Gasteiger partial charge < -0.3 is 24.8 Å². The van der Waals surface area contributed by atoms with E-state index in [2.05, 4.69) is 10.6 Å². The molecular formula is C24H27ClN2O5. The number of hydrogen-bond acceptors (Lipinski definition) is 5. The van der Waals surface area contributed by atoms with Crippen molar-refractivity contribution in [1.82, 2.24) is 10.6 Å². The summed E-state index contributed by atoms with van der Waals surface area (Å²) in [6, 6.07) is 11.6. The highest BCUT2D eigenvalue weighted by atomic mass is 35.5. The second-order valence-electron chi connectivity index (χ2n) is 7.56. The highest BCUT2D eigenvalue weighted by molar-refractivity contribution is 6.30. The van der Waals surface area contributed by atoms with Crippen molar-refractivity contribution >= 4 is 23.6 Å². The molecule has 8 heteroatoms. The van der Waals surface area contributed by atoms with Gasteiger partial charge in [-0.05, 0) is 55.7 Å². The van der Waals surface area contributed by atoms with E-state index in [1.165, 1.54) is 0 Å². The summed E-state index contributed by atoms with van der Waals surface area (Å²) >= 11 is 5.95. The maximum absolute atomic E-state index is 12.9. The van der Waals surface area contributed by atoms with E-state index in [1.807, 2.05) is 19.1 Å². The van der Waals surface area contributed by atoms with Gasteiger partial charge in [-0.2, -0.15) is 0 Å². The first-order valence-corrected chi connectivity index (χ1v) is 10.8. The molecule has 2 aromatic carbocycles. The molecule has 2 aromatic rings. The lowest BCUT2D eigenvalue weighted by atomic mass is 9.94. The van der Waals surface area contributed by atoms with Crippen molar-refractivity contribution in [3.63, 3.8) is 0 Å². The normalized spacial score (nSPS) is 15.8. The van der Waals surface area contributed by atoms with Crippen LogP contribution >= 0.6 is 11.6 Å². The van der Waals surface area contributed by atoms with E-state index in [0.29, 0.717) is 46.4 Å². The number of ether oxygens (including phenoxy) is 3. The Hall–Kier alpha value is -3.19. The number of methoxy groups -OCH3 is 1. The summed E-state index contributed by atoms with van der Waals surface area (Å²) in [5, 5.41) is 6.19. The minimum Gasteiger partial charge on any atom is -0.493 e. The number of halogens is 1. The van der Waals surface area contributed by atoms with Crippen molar-refractivity contribution in [2.75, 3.05) is 7.11 Å². The summed E-state index contributed by atoms with van der Waals surface area (Å²) in [6.45, 7) is 5.73. The fraction of sp³-hybridized carbons (Fsp3) is 0.333. The maximum atomic E-state index is 12.9. The zero-order valence-electron chi connectivity index (χ0n) is 18.5. The molecule has 7 nitrogen and oxygen atoms in total. The molecule has 0 radical (unpaired) electrons. The summed E-state index contributed by atoms with van der Waals surface area (Å²) in [5.74, 6) is 0.546. The van der Waals surface area contributed by atoms with Crippen LogP contribution in [0.4, 0.5) is 4.79 Å². The molecule has 1 heterocycles. The Balaban J connectivity index is 1.95.